The first kappa shape index (κ1) is 23.2. The van der Waals surface area contributed by atoms with E-state index in [4.69, 9.17) is 10.5 Å². The molecule has 0 amide bonds. The zero-order chi connectivity index (χ0) is 25.7. The lowest BCUT2D eigenvalue weighted by molar-refractivity contribution is 0.159. The number of nitrogens with two attached hydrogens (primary N) is 1. The Balaban J connectivity index is 1.50. The Morgan fingerprint density at radius 1 is 1.05 bits per heavy atom. The molecule has 0 radical (unpaired) electrons. The summed E-state index contributed by atoms with van der Waals surface area (Å²) in [4.78, 5) is 24.8. The van der Waals surface area contributed by atoms with Gasteiger partial charge >= 0.3 is 0 Å². The van der Waals surface area contributed by atoms with Crippen molar-refractivity contribution in [3.05, 3.63) is 77.6 Å². The number of pyridine rings is 1. The Bertz CT molecular complexity index is 1670. The first-order valence-electron chi connectivity index (χ1n) is 12.5. The van der Waals surface area contributed by atoms with Gasteiger partial charge in [0.25, 0.3) is 5.56 Å². The van der Waals surface area contributed by atoms with E-state index in [2.05, 4.69) is 39.7 Å². The standard InChI is InChI=1S/C29H30N6O2/c1-33(2)14-18-11-21(12-18)34-15-24(26-27(30)31-17-32-28(26)34)19-9-10-22-23(13-19)29(36)35(16-25(22)37-3)20-7-5-4-6-8-20/h4-10,13,15-18,21H,11-12,14H2,1-3H3,(H2,30,31,32). The number of hydrogen-bond donors (Lipinski definition) is 1. The first-order valence-corrected chi connectivity index (χ1v) is 12.5. The molecule has 0 aliphatic heterocycles. The number of fused-ring (bicyclic) bond motifs is 2. The molecule has 2 aromatic carbocycles. The van der Waals surface area contributed by atoms with Crippen LogP contribution in [0.2, 0.25) is 0 Å². The normalized spacial score (nSPS) is 17.4. The maximum absolute atomic E-state index is 13.7. The van der Waals surface area contributed by atoms with Crippen LogP contribution in [0.4, 0.5) is 5.82 Å². The monoisotopic (exact) mass is 494 g/mol. The fourth-order valence-electron chi connectivity index (χ4n) is 5.62. The van der Waals surface area contributed by atoms with Crippen LogP contribution < -0.4 is 16.0 Å². The molecule has 1 saturated carbocycles. The quantitative estimate of drug-likeness (QED) is 0.374. The van der Waals surface area contributed by atoms with Crippen LogP contribution in [0.15, 0.2) is 72.0 Å². The maximum Gasteiger partial charge on any atom is 0.263 e. The van der Waals surface area contributed by atoms with Gasteiger partial charge in [-0.3, -0.25) is 9.36 Å². The molecule has 0 saturated heterocycles. The molecule has 188 valence electrons. The highest BCUT2D eigenvalue weighted by molar-refractivity contribution is 6.02. The minimum absolute atomic E-state index is 0.109. The van der Waals surface area contributed by atoms with Crippen molar-refractivity contribution < 1.29 is 4.74 Å². The second kappa shape index (κ2) is 9.05. The van der Waals surface area contributed by atoms with Crippen LogP contribution in [0.5, 0.6) is 5.75 Å². The van der Waals surface area contributed by atoms with Gasteiger partial charge in [0.05, 0.1) is 24.1 Å². The summed E-state index contributed by atoms with van der Waals surface area (Å²) in [6, 6.07) is 15.8. The van der Waals surface area contributed by atoms with Crippen LogP contribution in [0.3, 0.4) is 0 Å². The molecule has 8 heteroatoms. The van der Waals surface area contributed by atoms with Crippen molar-refractivity contribution in [1.29, 1.82) is 0 Å². The number of nitrogen functional groups attached to an aromatic ring is 1. The molecule has 37 heavy (non-hydrogen) atoms. The van der Waals surface area contributed by atoms with Crippen molar-refractivity contribution in [3.63, 3.8) is 0 Å². The van der Waals surface area contributed by atoms with Crippen LogP contribution >= 0.6 is 0 Å². The molecule has 0 bridgehead atoms. The summed E-state index contributed by atoms with van der Waals surface area (Å²) >= 11 is 0. The minimum Gasteiger partial charge on any atom is -0.495 e. The van der Waals surface area contributed by atoms with E-state index in [1.807, 2.05) is 48.5 Å². The van der Waals surface area contributed by atoms with Crippen LogP contribution in [-0.2, 0) is 0 Å². The zero-order valence-electron chi connectivity index (χ0n) is 21.3. The van der Waals surface area contributed by atoms with Gasteiger partial charge in [-0.2, -0.15) is 0 Å². The van der Waals surface area contributed by atoms with E-state index in [1.165, 1.54) is 6.33 Å². The van der Waals surface area contributed by atoms with E-state index in [-0.39, 0.29) is 5.56 Å². The second-order valence-electron chi connectivity index (χ2n) is 10.1. The molecule has 0 spiro atoms. The predicted molar refractivity (Wildman–Crippen MR) is 147 cm³/mol. The van der Waals surface area contributed by atoms with Gasteiger partial charge in [0, 0.05) is 35.4 Å². The Labute approximate surface area is 214 Å². The average molecular weight is 495 g/mol. The lowest BCUT2D eigenvalue weighted by Crippen LogP contribution is -2.33. The predicted octanol–water partition coefficient (Wildman–Crippen LogP) is 4.51. The molecule has 2 N–H and O–H groups in total. The topological polar surface area (TPSA) is 91.2 Å². The van der Waals surface area contributed by atoms with Crippen molar-refractivity contribution in [3.8, 4) is 22.6 Å². The molecule has 3 heterocycles. The summed E-state index contributed by atoms with van der Waals surface area (Å²) < 4.78 is 9.54. The SMILES string of the molecule is COc1cn(-c2ccccc2)c(=O)c2cc(-c3cn(C4CC(CN(C)C)C4)c4ncnc(N)c34)ccc12. The van der Waals surface area contributed by atoms with Crippen molar-refractivity contribution in [1.82, 2.24) is 24.0 Å². The van der Waals surface area contributed by atoms with Gasteiger partial charge in [0.15, 0.2) is 0 Å². The van der Waals surface area contributed by atoms with Gasteiger partial charge in [-0.1, -0.05) is 24.3 Å². The number of aromatic nitrogens is 4. The van der Waals surface area contributed by atoms with E-state index in [1.54, 1.807) is 17.9 Å². The number of rotatable bonds is 6. The molecule has 1 fully saturated rings. The zero-order valence-corrected chi connectivity index (χ0v) is 21.3. The lowest BCUT2D eigenvalue weighted by atomic mass is 9.80. The number of para-hydroxylation sites is 1. The molecule has 5 aromatic rings. The Morgan fingerprint density at radius 3 is 2.57 bits per heavy atom. The average Bonchev–Trinajstić information content (AvgIpc) is 3.27. The summed E-state index contributed by atoms with van der Waals surface area (Å²) in [5.41, 5.74) is 9.73. The largest absolute Gasteiger partial charge is 0.495 e. The third-order valence-electron chi connectivity index (χ3n) is 7.41. The van der Waals surface area contributed by atoms with E-state index < -0.39 is 0 Å². The molecular weight excluding hydrogens is 464 g/mol. The lowest BCUT2D eigenvalue weighted by Gasteiger charge is -2.38. The van der Waals surface area contributed by atoms with Crippen molar-refractivity contribution in [2.75, 3.05) is 33.5 Å². The number of ether oxygens (including phenoxy) is 1. The van der Waals surface area contributed by atoms with Gasteiger partial charge in [0.1, 0.15) is 23.5 Å². The Hall–Kier alpha value is -4.17. The number of anilines is 1. The van der Waals surface area contributed by atoms with Gasteiger partial charge < -0.3 is 19.9 Å². The van der Waals surface area contributed by atoms with Crippen molar-refractivity contribution in [2.24, 2.45) is 5.92 Å². The molecular formula is C29H30N6O2. The van der Waals surface area contributed by atoms with Gasteiger partial charge in [-0.15, -0.1) is 0 Å². The van der Waals surface area contributed by atoms with E-state index >= 15 is 0 Å². The highest BCUT2D eigenvalue weighted by Crippen LogP contribution is 2.43. The van der Waals surface area contributed by atoms with Gasteiger partial charge in [-0.05, 0) is 62.7 Å². The summed E-state index contributed by atoms with van der Waals surface area (Å²) in [6.07, 6.45) is 7.60. The summed E-state index contributed by atoms with van der Waals surface area (Å²) in [6.45, 7) is 1.08. The number of benzene rings is 2. The van der Waals surface area contributed by atoms with Crippen LogP contribution in [0.1, 0.15) is 18.9 Å². The number of nitrogens with zero attached hydrogens (tertiary/aromatic N) is 5. The highest BCUT2D eigenvalue weighted by atomic mass is 16.5. The van der Waals surface area contributed by atoms with E-state index in [0.717, 1.165) is 52.6 Å². The third kappa shape index (κ3) is 3.94. The summed E-state index contributed by atoms with van der Waals surface area (Å²) in [5.74, 6) is 1.75. The number of methoxy groups -OCH3 is 1. The Morgan fingerprint density at radius 2 is 1.84 bits per heavy atom. The smallest absolute Gasteiger partial charge is 0.263 e. The van der Waals surface area contributed by atoms with Crippen LogP contribution in [0.25, 0.3) is 38.6 Å². The second-order valence-corrected chi connectivity index (χ2v) is 10.1. The molecule has 6 rings (SSSR count). The molecule has 1 aliphatic rings. The van der Waals surface area contributed by atoms with Gasteiger partial charge in [-0.25, -0.2) is 9.97 Å². The highest BCUT2D eigenvalue weighted by Gasteiger charge is 2.32. The Kier molecular flexibility index (Phi) is 5.68. The van der Waals surface area contributed by atoms with Crippen molar-refractivity contribution >= 4 is 27.6 Å². The van der Waals surface area contributed by atoms with Gasteiger partial charge in [0.2, 0.25) is 0 Å². The van der Waals surface area contributed by atoms with E-state index in [0.29, 0.717) is 28.9 Å². The third-order valence-corrected chi connectivity index (χ3v) is 7.41. The van der Waals surface area contributed by atoms with Crippen molar-refractivity contribution in [2.45, 2.75) is 18.9 Å². The number of hydrogen-bond acceptors (Lipinski definition) is 6. The molecule has 0 unspecified atom stereocenters. The van der Waals surface area contributed by atoms with E-state index in [9.17, 15) is 4.79 Å². The molecule has 1 aliphatic carbocycles. The molecule has 0 atom stereocenters. The molecule has 8 nitrogen and oxygen atoms in total. The first-order chi connectivity index (χ1) is 17.9. The van der Waals surface area contributed by atoms with Crippen LogP contribution in [0, 0.1) is 5.92 Å². The molecule has 3 aromatic heterocycles. The minimum atomic E-state index is -0.109. The van der Waals surface area contributed by atoms with Crippen LogP contribution in [-0.4, -0.2) is 51.8 Å². The summed E-state index contributed by atoms with van der Waals surface area (Å²) in [5, 5.41) is 2.16. The fourth-order valence-corrected chi connectivity index (χ4v) is 5.62. The fraction of sp³-hybridized carbons (Fsp3) is 0.276. The maximum atomic E-state index is 13.7. The summed E-state index contributed by atoms with van der Waals surface area (Å²) in [7, 11) is 5.85.